The van der Waals surface area contributed by atoms with Crippen LogP contribution in [-0.4, -0.2) is 31.1 Å². The average molecular weight is 500 g/mol. The van der Waals surface area contributed by atoms with Gasteiger partial charge in [0.2, 0.25) is 5.88 Å². The summed E-state index contributed by atoms with van der Waals surface area (Å²) in [5, 5.41) is 0.566. The zero-order valence-corrected chi connectivity index (χ0v) is 20.4. The van der Waals surface area contributed by atoms with E-state index >= 15 is 0 Å². The minimum absolute atomic E-state index is 0.113. The third-order valence-corrected chi connectivity index (χ3v) is 6.78. The molecule has 0 N–H and O–H groups in total. The third-order valence-electron chi connectivity index (χ3n) is 5.15. The van der Waals surface area contributed by atoms with Crippen LogP contribution in [-0.2, 0) is 4.79 Å². The molecule has 1 aliphatic heterocycles. The van der Waals surface area contributed by atoms with Crippen LogP contribution in [0.15, 0.2) is 58.4 Å². The smallest absolute Gasteiger partial charge is 0.269 e. The van der Waals surface area contributed by atoms with Crippen LogP contribution < -0.4 is 10.3 Å². The van der Waals surface area contributed by atoms with Crippen molar-refractivity contribution >= 4 is 57.5 Å². The van der Waals surface area contributed by atoms with Crippen LogP contribution in [0.2, 0.25) is 5.02 Å². The van der Waals surface area contributed by atoms with E-state index in [0.29, 0.717) is 32.2 Å². The number of halogens is 1. The molecule has 0 radical (unpaired) electrons. The molecule has 4 rings (SSSR count). The molecule has 0 unspecified atom stereocenters. The maximum atomic E-state index is 13.3. The van der Waals surface area contributed by atoms with Crippen molar-refractivity contribution in [1.29, 1.82) is 0 Å². The first-order chi connectivity index (χ1) is 16.0. The maximum Gasteiger partial charge on any atom is 0.269 e. The van der Waals surface area contributed by atoms with Crippen LogP contribution in [0.5, 0.6) is 11.6 Å². The first-order valence-electron chi connectivity index (χ1n) is 10.7. The van der Waals surface area contributed by atoms with Gasteiger partial charge in [-0.15, -0.1) is 0 Å². The van der Waals surface area contributed by atoms with Crippen LogP contribution in [0.25, 0.3) is 11.7 Å². The summed E-state index contributed by atoms with van der Waals surface area (Å²) in [7, 11) is 0. The van der Waals surface area contributed by atoms with Gasteiger partial charge in [-0.1, -0.05) is 67.8 Å². The number of nitrogens with zero attached hydrogens (tertiary/aromatic N) is 3. The summed E-state index contributed by atoms with van der Waals surface area (Å²) in [5.41, 5.74) is 0.282. The zero-order valence-electron chi connectivity index (χ0n) is 18.0. The Morgan fingerprint density at radius 3 is 2.67 bits per heavy atom. The van der Waals surface area contributed by atoms with Crippen LogP contribution in [0.3, 0.4) is 0 Å². The highest BCUT2D eigenvalue weighted by Gasteiger charge is 2.32. The molecule has 33 heavy (non-hydrogen) atoms. The van der Waals surface area contributed by atoms with Crippen molar-refractivity contribution in [2.45, 2.75) is 32.6 Å². The maximum absolute atomic E-state index is 13.3. The molecule has 0 bridgehead atoms. The SMILES string of the molecule is CCCCCCN1C(=O)C(=Cc2c(Oc3ccc(Cl)cc3)nc3ccccn3c2=O)SC1=S. The second-order valence-electron chi connectivity index (χ2n) is 7.51. The van der Waals surface area contributed by atoms with Crippen molar-refractivity contribution in [1.82, 2.24) is 14.3 Å². The van der Waals surface area contributed by atoms with Crippen molar-refractivity contribution in [2.75, 3.05) is 6.54 Å². The fraction of sp³-hybridized carbons (Fsp3) is 0.250. The van der Waals surface area contributed by atoms with Crippen molar-refractivity contribution in [3.63, 3.8) is 0 Å². The van der Waals surface area contributed by atoms with E-state index in [1.54, 1.807) is 53.6 Å². The average Bonchev–Trinajstić information content (AvgIpc) is 3.08. The number of hydrogen-bond acceptors (Lipinski definition) is 6. The molecule has 1 amide bonds. The van der Waals surface area contributed by atoms with E-state index in [4.69, 9.17) is 28.6 Å². The van der Waals surface area contributed by atoms with Crippen LogP contribution in [0.1, 0.15) is 38.2 Å². The summed E-state index contributed by atoms with van der Waals surface area (Å²) in [6.45, 7) is 2.72. The van der Waals surface area contributed by atoms with Crippen molar-refractivity contribution in [2.24, 2.45) is 0 Å². The van der Waals surface area contributed by atoms with Gasteiger partial charge in [0, 0.05) is 17.8 Å². The highest BCUT2D eigenvalue weighted by atomic mass is 35.5. The normalized spacial score (nSPS) is 15.1. The molecule has 1 aliphatic rings. The Morgan fingerprint density at radius 1 is 1.12 bits per heavy atom. The highest BCUT2D eigenvalue weighted by molar-refractivity contribution is 8.26. The highest BCUT2D eigenvalue weighted by Crippen LogP contribution is 2.34. The predicted molar refractivity (Wildman–Crippen MR) is 137 cm³/mol. The molecule has 0 spiro atoms. The molecule has 1 fully saturated rings. The summed E-state index contributed by atoms with van der Waals surface area (Å²) in [4.78, 5) is 32.8. The van der Waals surface area contributed by atoms with E-state index in [1.807, 2.05) is 0 Å². The standard InChI is InChI=1S/C24H22ClN3O3S2/c1-2-3-4-6-14-28-23(30)19(33-24(28)32)15-18-21(31-17-11-9-16(25)10-12-17)26-20-8-5-7-13-27(20)22(18)29/h5,7-13,15H,2-4,6,14H2,1H3. The van der Waals surface area contributed by atoms with Gasteiger partial charge >= 0.3 is 0 Å². The summed E-state index contributed by atoms with van der Waals surface area (Å²) < 4.78 is 7.87. The van der Waals surface area contributed by atoms with Crippen LogP contribution >= 0.6 is 35.6 Å². The first-order valence-corrected chi connectivity index (χ1v) is 12.3. The molecule has 0 atom stereocenters. The van der Waals surface area contributed by atoms with E-state index in [-0.39, 0.29) is 22.9 Å². The second kappa shape index (κ2) is 10.5. The lowest BCUT2D eigenvalue weighted by Crippen LogP contribution is -2.29. The van der Waals surface area contributed by atoms with Gasteiger partial charge in [-0.25, -0.2) is 0 Å². The quantitative estimate of drug-likeness (QED) is 0.218. The zero-order chi connectivity index (χ0) is 23.4. The third kappa shape index (κ3) is 5.29. The van der Waals surface area contributed by atoms with Gasteiger partial charge in [0.05, 0.1) is 4.91 Å². The number of carbonyl (C=O) groups excluding carboxylic acids is 1. The molecule has 1 aromatic carbocycles. The number of amides is 1. The number of pyridine rings is 1. The minimum atomic E-state index is -0.335. The number of carbonyl (C=O) groups is 1. The first kappa shape index (κ1) is 23.5. The molecule has 0 saturated carbocycles. The monoisotopic (exact) mass is 499 g/mol. The Kier molecular flexibility index (Phi) is 7.47. The minimum Gasteiger partial charge on any atom is -0.438 e. The lowest BCUT2D eigenvalue weighted by atomic mass is 10.2. The molecule has 1 saturated heterocycles. The number of thioether (sulfide) groups is 1. The molecule has 6 nitrogen and oxygen atoms in total. The second-order valence-corrected chi connectivity index (χ2v) is 9.63. The van der Waals surface area contributed by atoms with Crippen molar-refractivity contribution in [3.05, 3.63) is 74.5 Å². The molecular weight excluding hydrogens is 478 g/mol. The number of aromatic nitrogens is 2. The van der Waals surface area contributed by atoms with Gasteiger partial charge < -0.3 is 4.74 Å². The van der Waals surface area contributed by atoms with E-state index < -0.39 is 0 Å². The van der Waals surface area contributed by atoms with Gasteiger partial charge in [0.25, 0.3) is 11.5 Å². The van der Waals surface area contributed by atoms with E-state index in [1.165, 1.54) is 22.2 Å². The number of rotatable bonds is 8. The number of benzene rings is 1. The summed E-state index contributed by atoms with van der Waals surface area (Å²) in [6.07, 6.45) is 7.34. The lowest BCUT2D eigenvalue weighted by molar-refractivity contribution is -0.122. The number of thiocarbonyl (C=S) groups is 1. The molecule has 2 aromatic heterocycles. The Balaban J connectivity index is 1.71. The molecule has 170 valence electrons. The molecule has 0 aliphatic carbocycles. The van der Waals surface area contributed by atoms with Gasteiger partial charge in [-0.3, -0.25) is 18.9 Å². The van der Waals surface area contributed by atoms with Crippen molar-refractivity contribution in [3.8, 4) is 11.6 Å². The summed E-state index contributed by atoms with van der Waals surface area (Å²) >= 11 is 12.6. The summed E-state index contributed by atoms with van der Waals surface area (Å²) in [5.74, 6) is 0.392. The molecule has 3 aromatic rings. The Morgan fingerprint density at radius 2 is 1.91 bits per heavy atom. The molecular formula is C24H22ClN3O3S2. The fourth-order valence-electron chi connectivity index (χ4n) is 3.42. The Hall–Kier alpha value is -2.68. The number of ether oxygens (including phenoxy) is 1. The number of unbranched alkanes of at least 4 members (excludes halogenated alkanes) is 3. The van der Waals surface area contributed by atoms with Gasteiger partial charge in [-0.2, -0.15) is 4.98 Å². The van der Waals surface area contributed by atoms with E-state index in [9.17, 15) is 9.59 Å². The number of hydrogen-bond donors (Lipinski definition) is 0. The Bertz CT molecular complexity index is 1290. The van der Waals surface area contributed by atoms with Crippen molar-refractivity contribution < 1.29 is 9.53 Å². The molecule has 3 heterocycles. The van der Waals surface area contributed by atoms with Gasteiger partial charge in [0.1, 0.15) is 21.3 Å². The Labute approximate surface area is 206 Å². The van der Waals surface area contributed by atoms with E-state index in [2.05, 4.69) is 11.9 Å². The topological polar surface area (TPSA) is 63.9 Å². The van der Waals surface area contributed by atoms with Crippen LogP contribution in [0.4, 0.5) is 0 Å². The van der Waals surface area contributed by atoms with Gasteiger partial charge in [-0.05, 0) is 48.9 Å². The van der Waals surface area contributed by atoms with Gasteiger partial charge in [0.15, 0.2) is 0 Å². The van der Waals surface area contributed by atoms with E-state index in [0.717, 1.165) is 25.7 Å². The fourth-order valence-corrected chi connectivity index (χ4v) is 4.83. The summed E-state index contributed by atoms with van der Waals surface area (Å²) in [6, 6.07) is 12.0. The largest absolute Gasteiger partial charge is 0.438 e. The van der Waals surface area contributed by atoms with Crippen LogP contribution in [0, 0.1) is 0 Å². The number of fused-ring (bicyclic) bond motifs is 1. The lowest BCUT2D eigenvalue weighted by Gasteiger charge is -2.14. The molecule has 9 heteroatoms. The predicted octanol–water partition coefficient (Wildman–Crippen LogP) is 5.92.